The van der Waals surface area contributed by atoms with Gasteiger partial charge >= 0.3 is 0 Å². The summed E-state index contributed by atoms with van der Waals surface area (Å²) in [5.74, 6) is 0.648. The molecule has 1 aromatic rings. The lowest BCUT2D eigenvalue weighted by Crippen LogP contribution is -2.41. The summed E-state index contributed by atoms with van der Waals surface area (Å²) >= 11 is 0. The molecule has 0 radical (unpaired) electrons. The van der Waals surface area contributed by atoms with Crippen LogP contribution in [0.15, 0.2) is 29.3 Å². The molecule has 1 aliphatic carbocycles. The Kier molecular flexibility index (Phi) is 6.84. The Hall–Kier alpha value is -1.62. The van der Waals surface area contributed by atoms with E-state index in [4.69, 9.17) is 4.74 Å². The Bertz CT molecular complexity index is 515. The highest BCUT2D eigenvalue weighted by Gasteiger charge is 2.44. The molecule has 5 heteroatoms. The van der Waals surface area contributed by atoms with Gasteiger partial charge in [-0.25, -0.2) is 4.39 Å². The fraction of sp³-hybridized carbons (Fsp3) is 0.611. The molecule has 0 spiro atoms. The normalized spacial score (nSPS) is 16.2. The van der Waals surface area contributed by atoms with Crippen molar-refractivity contribution in [2.24, 2.45) is 4.99 Å². The van der Waals surface area contributed by atoms with E-state index in [0.29, 0.717) is 0 Å². The van der Waals surface area contributed by atoms with E-state index in [0.717, 1.165) is 63.5 Å². The van der Waals surface area contributed by atoms with Gasteiger partial charge in [0.15, 0.2) is 5.96 Å². The second-order valence-electron chi connectivity index (χ2n) is 6.05. The van der Waals surface area contributed by atoms with E-state index < -0.39 is 0 Å². The molecule has 0 amide bonds. The van der Waals surface area contributed by atoms with Crippen LogP contribution in [0.5, 0.6) is 0 Å². The minimum Gasteiger partial charge on any atom is -0.382 e. The molecule has 0 aromatic heterocycles. The molecule has 2 rings (SSSR count). The van der Waals surface area contributed by atoms with Crippen molar-refractivity contribution < 1.29 is 9.13 Å². The number of nitrogens with zero attached hydrogens (tertiary/aromatic N) is 1. The third kappa shape index (κ3) is 5.50. The van der Waals surface area contributed by atoms with Crippen molar-refractivity contribution in [3.63, 3.8) is 0 Å². The van der Waals surface area contributed by atoms with E-state index in [1.54, 1.807) is 19.2 Å². The highest BCUT2D eigenvalue weighted by molar-refractivity contribution is 5.79. The molecule has 0 unspecified atom stereocenters. The molecular formula is C18H28FN3O. The molecule has 128 valence electrons. The number of guanidine groups is 1. The number of benzene rings is 1. The van der Waals surface area contributed by atoms with E-state index in [2.05, 4.69) is 15.6 Å². The molecule has 4 nitrogen and oxygen atoms in total. The molecule has 1 aromatic carbocycles. The molecule has 0 aliphatic heterocycles. The first kappa shape index (κ1) is 17.7. The fourth-order valence-electron chi connectivity index (χ4n) is 2.69. The number of halogens is 1. The fourth-order valence-corrected chi connectivity index (χ4v) is 2.69. The van der Waals surface area contributed by atoms with Crippen molar-refractivity contribution in [2.45, 2.75) is 38.0 Å². The highest BCUT2D eigenvalue weighted by Crippen LogP contribution is 2.47. The van der Waals surface area contributed by atoms with Gasteiger partial charge in [-0.2, -0.15) is 0 Å². The number of unbranched alkanes of at least 4 members (excludes halogenated alkanes) is 1. The van der Waals surface area contributed by atoms with E-state index >= 15 is 0 Å². The summed E-state index contributed by atoms with van der Waals surface area (Å²) < 4.78 is 18.7. The molecule has 23 heavy (non-hydrogen) atoms. The van der Waals surface area contributed by atoms with Gasteiger partial charge in [0, 0.05) is 38.8 Å². The van der Waals surface area contributed by atoms with E-state index in [1.165, 1.54) is 6.07 Å². The van der Waals surface area contributed by atoms with Gasteiger partial charge < -0.3 is 15.4 Å². The van der Waals surface area contributed by atoms with Crippen molar-refractivity contribution >= 4 is 5.96 Å². The standard InChI is InChI=1S/C18H28FN3O/c1-3-23-12-5-4-11-21-17(20-2)22-14-18(9-10-18)15-7-6-8-16(19)13-15/h6-8,13H,3-5,9-12,14H2,1-2H3,(H2,20,21,22). The van der Waals surface area contributed by atoms with Crippen LogP contribution in [0.4, 0.5) is 4.39 Å². The lowest BCUT2D eigenvalue weighted by atomic mass is 9.96. The zero-order valence-electron chi connectivity index (χ0n) is 14.2. The van der Waals surface area contributed by atoms with Crippen LogP contribution in [0.2, 0.25) is 0 Å². The Balaban J connectivity index is 1.73. The average molecular weight is 321 g/mol. The minimum atomic E-state index is -0.161. The second-order valence-corrected chi connectivity index (χ2v) is 6.05. The summed E-state index contributed by atoms with van der Waals surface area (Å²) in [5, 5.41) is 6.70. The zero-order chi connectivity index (χ0) is 16.5. The first-order chi connectivity index (χ1) is 11.2. The van der Waals surface area contributed by atoms with Crippen molar-refractivity contribution in [3.05, 3.63) is 35.6 Å². The van der Waals surface area contributed by atoms with Gasteiger partial charge in [-0.15, -0.1) is 0 Å². The molecule has 1 aliphatic rings. The van der Waals surface area contributed by atoms with Crippen LogP contribution in [0.3, 0.4) is 0 Å². The minimum absolute atomic E-state index is 0.0642. The number of hydrogen-bond donors (Lipinski definition) is 2. The maximum absolute atomic E-state index is 13.4. The number of ether oxygens (including phenoxy) is 1. The van der Waals surface area contributed by atoms with Crippen molar-refractivity contribution in [1.29, 1.82) is 0 Å². The van der Waals surface area contributed by atoms with Crippen molar-refractivity contribution in [3.8, 4) is 0 Å². The Morgan fingerprint density at radius 3 is 2.78 bits per heavy atom. The van der Waals surface area contributed by atoms with Crippen LogP contribution in [0.1, 0.15) is 38.2 Å². The van der Waals surface area contributed by atoms with Crippen LogP contribution < -0.4 is 10.6 Å². The molecule has 0 heterocycles. The zero-order valence-corrected chi connectivity index (χ0v) is 14.2. The monoisotopic (exact) mass is 321 g/mol. The summed E-state index contributed by atoms with van der Waals surface area (Å²) in [4.78, 5) is 4.25. The van der Waals surface area contributed by atoms with Gasteiger partial charge in [-0.3, -0.25) is 4.99 Å². The Morgan fingerprint density at radius 2 is 2.13 bits per heavy atom. The van der Waals surface area contributed by atoms with Crippen LogP contribution in [0.25, 0.3) is 0 Å². The van der Waals surface area contributed by atoms with Gasteiger partial charge in [0.05, 0.1) is 0 Å². The third-order valence-electron chi connectivity index (χ3n) is 4.32. The quantitative estimate of drug-likeness (QED) is 0.418. The van der Waals surface area contributed by atoms with Gasteiger partial charge in [-0.05, 0) is 50.3 Å². The lowest BCUT2D eigenvalue weighted by molar-refractivity contribution is 0.143. The first-order valence-corrected chi connectivity index (χ1v) is 8.48. The number of nitrogens with one attached hydrogen (secondary N) is 2. The predicted octanol–water partition coefficient (Wildman–Crippen LogP) is 2.84. The number of hydrogen-bond acceptors (Lipinski definition) is 2. The molecule has 1 saturated carbocycles. The van der Waals surface area contributed by atoms with E-state index in [9.17, 15) is 4.39 Å². The summed E-state index contributed by atoms with van der Waals surface area (Å²) in [7, 11) is 1.78. The highest BCUT2D eigenvalue weighted by atomic mass is 19.1. The summed E-state index contributed by atoms with van der Waals surface area (Å²) in [6.07, 6.45) is 4.28. The largest absolute Gasteiger partial charge is 0.382 e. The maximum atomic E-state index is 13.4. The lowest BCUT2D eigenvalue weighted by Gasteiger charge is -2.19. The SMILES string of the molecule is CCOCCCCNC(=NC)NCC1(c2cccc(F)c2)CC1. The van der Waals surface area contributed by atoms with E-state index in [-0.39, 0.29) is 11.2 Å². The van der Waals surface area contributed by atoms with E-state index in [1.807, 2.05) is 13.0 Å². The van der Waals surface area contributed by atoms with Gasteiger partial charge in [0.2, 0.25) is 0 Å². The Morgan fingerprint density at radius 1 is 1.30 bits per heavy atom. The molecular weight excluding hydrogens is 293 g/mol. The first-order valence-electron chi connectivity index (χ1n) is 8.48. The van der Waals surface area contributed by atoms with Crippen LogP contribution in [0, 0.1) is 5.82 Å². The van der Waals surface area contributed by atoms with Gasteiger partial charge in [0.25, 0.3) is 0 Å². The summed E-state index contributed by atoms with van der Waals surface area (Å²) in [5.41, 5.74) is 1.14. The summed E-state index contributed by atoms with van der Waals surface area (Å²) in [6.45, 7) is 5.26. The third-order valence-corrected chi connectivity index (χ3v) is 4.32. The summed E-state index contributed by atoms with van der Waals surface area (Å²) in [6, 6.07) is 6.95. The van der Waals surface area contributed by atoms with Crippen molar-refractivity contribution in [2.75, 3.05) is 33.4 Å². The van der Waals surface area contributed by atoms with Crippen molar-refractivity contribution in [1.82, 2.24) is 10.6 Å². The molecule has 1 fully saturated rings. The van der Waals surface area contributed by atoms with Gasteiger partial charge in [0.1, 0.15) is 5.82 Å². The number of rotatable bonds is 9. The topological polar surface area (TPSA) is 45.6 Å². The number of aliphatic imine (C=N–C) groups is 1. The molecule has 0 bridgehead atoms. The predicted molar refractivity (Wildman–Crippen MR) is 92.4 cm³/mol. The van der Waals surface area contributed by atoms with Crippen LogP contribution in [-0.4, -0.2) is 39.3 Å². The van der Waals surface area contributed by atoms with Gasteiger partial charge in [-0.1, -0.05) is 12.1 Å². The average Bonchev–Trinajstić information content (AvgIpc) is 3.35. The van der Waals surface area contributed by atoms with Crippen LogP contribution in [-0.2, 0) is 10.2 Å². The smallest absolute Gasteiger partial charge is 0.191 e. The molecule has 2 N–H and O–H groups in total. The van der Waals surface area contributed by atoms with Crippen LogP contribution >= 0.6 is 0 Å². The Labute approximate surface area is 138 Å². The second kappa shape index (κ2) is 8.87. The molecule has 0 saturated heterocycles. The maximum Gasteiger partial charge on any atom is 0.191 e. The molecule has 0 atom stereocenters.